The third-order valence-corrected chi connectivity index (χ3v) is 4.05. The topological polar surface area (TPSA) is 54.0 Å². The third kappa shape index (κ3) is 2.41. The van der Waals surface area contributed by atoms with E-state index in [2.05, 4.69) is 22.5 Å². The van der Waals surface area contributed by atoms with E-state index < -0.39 is 0 Å². The van der Waals surface area contributed by atoms with Gasteiger partial charge < -0.3 is 10.6 Å². The molecule has 16 heavy (non-hydrogen) atoms. The van der Waals surface area contributed by atoms with Crippen molar-refractivity contribution in [2.45, 2.75) is 39.3 Å². The van der Waals surface area contributed by atoms with Crippen LogP contribution >= 0.6 is 11.3 Å². The summed E-state index contributed by atoms with van der Waals surface area (Å²) in [5, 5.41) is 7.40. The second-order valence-electron chi connectivity index (χ2n) is 4.28. The van der Waals surface area contributed by atoms with Crippen molar-refractivity contribution >= 4 is 17.2 Å². The third-order valence-electron chi connectivity index (χ3n) is 2.80. The highest BCUT2D eigenvalue weighted by Crippen LogP contribution is 2.25. The maximum atomic E-state index is 11.1. The molecular formula is C11H17N3OS. The molecule has 0 radical (unpaired) electrons. The molecule has 1 saturated heterocycles. The lowest BCUT2D eigenvalue weighted by atomic mass is 10.2. The molecule has 0 bridgehead atoms. The number of aromatic nitrogens is 1. The molecule has 1 aromatic heterocycles. The van der Waals surface area contributed by atoms with Crippen molar-refractivity contribution in [3.8, 4) is 0 Å². The molecule has 0 saturated carbocycles. The SMILES string of the molecule is Cc1nc(C)c(C(C)NC2CNC(=O)C2)s1. The highest BCUT2D eigenvalue weighted by molar-refractivity contribution is 7.11. The van der Waals surface area contributed by atoms with E-state index in [1.54, 1.807) is 11.3 Å². The molecule has 2 N–H and O–H groups in total. The van der Waals surface area contributed by atoms with E-state index in [0.29, 0.717) is 6.42 Å². The average molecular weight is 239 g/mol. The van der Waals surface area contributed by atoms with Crippen molar-refractivity contribution in [2.24, 2.45) is 0 Å². The minimum absolute atomic E-state index is 0.141. The van der Waals surface area contributed by atoms with E-state index in [4.69, 9.17) is 0 Å². The number of carbonyl (C=O) groups is 1. The van der Waals surface area contributed by atoms with Gasteiger partial charge in [-0.1, -0.05) is 0 Å². The van der Waals surface area contributed by atoms with Crippen molar-refractivity contribution < 1.29 is 4.79 Å². The highest BCUT2D eigenvalue weighted by Gasteiger charge is 2.24. The van der Waals surface area contributed by atoms with E-state index in [0.717, 1.165) is 17.2 Å². The molecule has 0 spiro atoms. The highest BCUT2D eigenvalue weighted by atomic mass is 32.1. The minimum atomic E-state index is 0.141. The van der Waals surface area contributed by atoms with Crippen LogP contribution in [0.1, 0.15) is 35.0 Å². The van der Waals surface area contributed by atoms with Crippen molar-refractivity contribution in [3.05, 3.63) is 15.6 Å². The molecule has 1 fully saturated rings. The van der Waals surface area contributed by atoms with E-state index in [1.807, 2.05) is 13.8 Å². The van der Waals surface area contributed by atoms with Crippen molar-refractivity contribution in [2.75, 3.05) is 6.54 Å². The summed E-state index contributed by atoms with van der Waals surface area (Å²) in [4.78, 5) is 16.8. The normalized spacial score (nSPS) is 22.2. The predicted octanol–water partition coefficient (Wildman–Crippen LogP) is 1.30. The number of nitrogens with zero attached hydrogens (tertiary/aromatic N) is 1. The first-order valence-electron chi connectivity index (χ1n) is 5.53. The summed E-state index contributed by atoms with van der Waals surface area (Å²) in [6.07, 6.45) is 0.584. The molecule has 1 aliphatic heterocycles. The van der Waals surface area contributed by atoms with Gasteiger partial charge in [0.05, 0.1) is 10.7 Å². The summed E-state index contributed by atoms with van der Waals surface area (Å²) in [7, 11) is 0. The maximum absolute atomic E-state index is 11.1. The smallest absolute Gasteiger partial charge is 0.221 e. The van der Waals surface area contributed by atoms with Gasteiger partial charge in [0.1, 0.15) is 0 Å². The van der Waals surface area contributed by atoms with Gasteiger partial charge in [-0.2, -0.15) is 0 Å². The molecule has 2 heterocycles. The fourth-order valence-electron chi connectivity index (χ4n) is 2.10. The first-order valence-corrected chi connectivity index (χ1v) is 6.34. The van der Waals surface area contributed by atoms with Crippen LogP contribution in [0.3, 0.4) is 0 Å². The van der Waals surface area contributed by atoms with Crippen molar-refractivity contribution in [3.63, 3.8) is 0 Å². The quantitative estimate of drug-likeness (QED) is 0.836. The van der Waals surface area contributed by atoms with Crippen LogP contribution in [-0.2, 0) is 4.79 Å². The van der Waals surface area contributed by atoms with Crippen LogP contribution in [0.15, 0.2) is 0 Å². The number of amides is 1. The molecule has 2 rings (SSSR count). The summed E-state index contributed by atoms with van der Waals surface area (Å²) in [5.41, 5.74) is 1.10. The molecule has 2 unspecified atom stereocenters. The number of thiazole rings is 1. The summed E-state index contributed by atoms with van der Waals surface area (Å²) in [6.45, 7) is 6.92. The number of hydrogen-bond donors (Lipinski definition) is 2. The number of carbonyl (C=O) groups excluding carboxylic acids is 1. The molecular weight excluding hydrogens is 222 g/mol. The fraction of sp³-hybridized carbons (Fsp3) is 0.636. The van der Waals surface area contributed by atoms with Gasteiger partial charge >= 0.3 is 0 Å². The first kappa shape index (κ1) is 11.5. The van der Waals surface area contributed by atoms with Crippen LogP contribution in [0.4, 0.5) is 0 Å². The van der Waals surface area contributed by atoms with Crippen LogP contribution in [0, 0.1) is 13.8 Å². The van der Waals surface area contributed by atoms with E-state index in [1.165, 1.54) is 4.88 Å². The molecule has 2 atom stereocenters. The second-order valence-corrected chi connectivity index (χ2v) is 5.51. The van der Waals surface area contributed by atoms with Gasteiger partial charge in [0.25, 0.3) is 0 Å². The van der Waals surface area contributed by atoms with Gasteiger partial charge in [0.2, 0.25) is 5.91 Å². The molecule has 4 nitrogen and oxygen atoms in total. The zero-order valence-electron chi connectivity index (χ0n) is 9.83. The van der Waals surface area contributed by atoms with Crippen LogP contribution in [0.2, 0.25) is 0 Å². The number of aryl methyl sites for hydroxylation is 2. The number of nitrogens with one attached hydrogen (secondary N) is 2. The Balaban J connectivity index is 2.00. The summed E-state index contributed by atoms with van der Waals surface area (Å²) in [5.74, 6) is 0.141. The van der Waals surface area contributed by atoms with Gasteiger partial charge in [0.15, 0.2) is 0 Å². The monoisotopic (exact) mass is 239 g/mol. The first-order chi connectivity index (χ1) is 7.56. The lowest BCUT2D eigenvalue weighted by molar-refractivity contribution is -0.119. The zero-order valence-corrected chi connectivity index (χ0v) is 10.6. The lowest BCUT2D eigenvalue weighted by Gasteiger charge is -2.17. The summed E-state index contributed by atoms with van der Waals surface area (Å²) in [6, 6.07) is 0.521. The Morgan fingerprint density at radius 2 is 2.31 bits per heavy atom. The van der Waals surface area contributed by atoms with Crippen LogP contribution in [0.25, 0.3) is 0 Å². The number of hydrogen-bond acceptors (Lipinski definition) is 4. The Morgan fingerprint density at radius 3 is 2.81 bits per heavy atom. The van der Waals surface area contributed by atoms with Gasteiger partial charge in [-0.15, -0.1) is 11.3 Å². The van der Waals surface area contributed by atoms with Crippen LogP contribution in [-0.4, -0.2) is 23.5 Å². The standard InChI is InChI=1S/C11H17N3OS/c1-6-11(16-8(3)13-6)7(2)14-9-4-10(15)12-5-9/h7,9,14H,4-5H2,1-3H3,(H,12,15). The van der Waals surface area contributed by atoms with Crippen molar-refractivity contribution in [1.82, 2.24) is 15.6 Å². The average Bonchev–Trinajstić information content (AvgIpc) is 2.73. The Hall–Kier alpha value is -0.940. The van der Waals surface area contributed by atoms with E-state index >= 15 is 0 Å². The summed E-state index contributed by atoms with van der Waals surface area (Å²) >= 11 is 1.73. The maximum Gasteiger partial charge on any atom is 0.221 e. The van der Waals surface area contributed by atoms with Crippen molar-refractivity contribution in [1.29, 1.82) is 0 Å². The largest absolute Gasteiger partial charge is 0.354 e. The zero-order chi connectivity index (χ0) is 11.7. The van der Waals surface area contributed by atoms with Crippen LogP contribution < -0.4 is 10.6 Å². The summed E-state index contributed by atoms with van der Waals surface area (Å²) < 4.78 is 0. The van der Waals surface area contributed by atoms with Gasteiger partial charge in [-0.05, 0) is 20.8 Å². The van der Waals surface area contributed by atoms with E-state index in [-0.39, 0.29) is 18.0 Å². The molecule has 5 heteroatoms. The molecule has 0 aliphatic carbocycles. The minimum Gasteiger partial charge on any atom is -0.354 e. The Labute approximate surface area is 99.5 Å². The lowest BCUT2D eigenvalue weighted by Crippen LogP contribution is -2.33. The molecule has 1 aromatic rings. The van der Waals surface area contributed by atoms with Gasteiger partial charge in [-0.3, -0.25) is 4.79 Å². The second kappa shape index (κ2) is 4.51. The predicted molar refractivity (Wildman–Crippen MR) is 64.6 cm³/mol. The number of rotatable bonds is 3. The fourth-order valence-corrected chi connectivity index (χ4v) is 3.04. The Kier molecular flexibility index (Phi) is 3.25. The molecule has 0 aromatic carbocycles. The Morgan fingerprint density at radius 1 is 1.56 bits per heavy atom. The van der Waals surface area contributed by atoms with Crippen LogP contribution in [0.5, 0.6) is 0 Å². The molecule has 1 aliphatic rings. The van der Waals surface area contributed by atoms with E-state index in [9.17, 15) is 4.79 Å². The molecule has 88 valence electrons. The Bertz CT molecular complexity index is 402. The van der Waals surface area contributed by atoms with Gasteiger partial charge in [-0.25, -0.2) is 4.98 Å². The van der Waals surface area contributed by atoms with Gasteiger partial charge in [0, 0.05) is 29.9 Å². The molecule has 1 amide bonds.